The molecule has 138 valence electrons. The molecule has 0 atom stereocenters. The van der Waals surface area contributed by atoms with Gasteiger partial charge in [0, 0.05) is 51.0 Å². The predicted octanol–water partition coefficient (Wildman–Crippen LogP) is 3.20. The van der Waals surface area contributed by atoms with E-state index in [1.54, 1.807) is 17.2 Å². The van der Waals surface area contributed by atoms with Crippen molar-refractivity contribution in [2.45, 2.75) is 45.4 Å². The fraction of sp³-hybridized carbons (Fsp3) is 0.444. The van der Waals surface area contributed by atoms with Crippen LogP contribution in [0, 0.1) is 0 Å². The number of rotatable bonds is 9. The number of aryl methyl sites for hydroxylation is 1. The zero-order valence-electron chi connectivity index (χ0n) is 15.6. The van der Waals surface area contributed by atoms with Gasteiger partial charge < -0.3 is 14.1 Å². The molecule has 0 aromatic carbocycles. The van der Waals surface area contributed by atoms with Crippen LogP contribution in [-0.2, 0) is 22.8 Å². The molecule has 7 nitrogen and oxygen atoms in total. The second kappa shape index (κ2) is 7.92. The first-order valence-corrected chi connectivity index (χ1v) is 12.5. The number of hydrogen-bond donors (Lipinski definition) is 0. The first-order chi connectivity index (χ1) is 12.5. The molecule has 0 aliphatic heterocycles. The molecule has 0 aliphatic rings. The van der Waals surface area contributed by atoms with Gasteiger partial charge in [0.2, 0.25) is 0 Å². The molecule has 3 aromatic rings. The van der Waals surface area contributed by atoms with Crippen LogP contribution < -0.4 is 0 Å². The number of aromatic nitrogens is 5. The Morgan fingerprint density at radius 2 is 2.12 bits per heavy atom. The lowest BCUT2D eigenvalue weighted by atomic mass is 10.2. The van der Waals surface area contributed by atoms with E-state index in [9.17, 15) is 4.79 Å². The van der Waals surface area contributed by atoms with Gasteiger partial charge in [0.15, 0.2) is 0 Å². The second-order valence-electron chi connectivity index (χ2n) is 7.54. The maximum atomic E-state index is 10.5. The summed E-state index contributed by atoms with van der Waals surface area (Å²) in [6.45, 7) is 8.87. The van der Waals surface area contributed by atoms with Crippen LogP contribution >= 0.6 is 0 Å². The van der Waals surface area contributed by atoms with Crippen LogP contribution in [0.1, 0.15) is 6.42 Å². The molecule has 0 amide bonds. The van der Waals surface area contributed by atoms with Crippen molar-refractivity contribution in [1.29, 1.82) is 0 Å². The fourth-order valence-electron chi connectivity index (χ4n) is 2.67. The van der Waals surface area contributed by atoms with E-state index in [2.05, 4.69) is 34.7 Å². The van der Waals surface area contributed by atoms with E-state index < -0.39 is 8.07 Å². The minimum Gasteiger partial charge on any atom is -0.361 e. The van der Waals surface area contributed by atoms with Crippen LogP contribution in [0.4, 0.5) is 0 Å². The average Bonchev–Trinajstić information content (AvgIpc) is 3.23. The molecular weight excluding hydrogens is 346 g/mol. The second-order valence-corrected chi connectivity index (χ2v) is 13.2. The number of aldehydes is 1. The van der Waals surface area contributed by atoms with Crippen LogP contribution in [0.15, 0.2) is 31.0 Å². The van der Waals surface area contributed by atoms with Crippen LogP contribution in [0.2, 0.25) is 25.7 Å². The quantitative estimate of drug-likeness (QED) is 0.328. The van der Waals surface area contributed by atoms with Crippen molar-refractivity contribution in [3.05, 3.63) is 31.0 Å². The average molecular weight is 372 g/mol. The van der Waals surface area contributed by atoms with Gasteiger partial charge in [-0.1, -0.05) is 19.6 Å². The standard InChI is InChI=1S/C18H25N5O2Si/c1-26(2,3)10-9-25-14-22-7-5-16-17(19-13-20-18(16)22)15-11-21-23(12-15)6-4-8-24/h5,7-8,11-13H,4,6,9-10,14H2,1-3H3. The van der Waals surface area contributed by atoms with Crippen molar-refractivity contribution in [3.8, 4) is 11.3 Å². The van der Waals surface area contributed by atoms with Crippen molar-refractivity contribution in [1.82, 2.24) is 24.3 Å². The number of nitrogens with zero attached hydrogens (tertiary/aromatic N) is 5. The van der Waals surface area contributed by atoms with E-state index in [0.29, 0.717) is 19.7 Å². The topological polar surface area (TPSA) is 74.8 Å². The van der Waals surface area contributed by atoms with Gasteiger partial charge >= 0.3 is 0 Å². The molecule has 26 heavy (non-hydrogen) atoms. The van der Waals surface area contributed by atoms with Gasteiger partial charge in [-0.25, -0.2) is 9.97 Å². The monoisotopic (exact) mass is 371 g/mol. The summed E-state index contributed by atoms with van der Waals surface area (Å²) in [5.74, 6) is 0. The van der Waals surface area contributed by atoms with E-state index in [-0.39, 0.29) is 0 Å². The molecule has 3 heterocycles. The molecule has 0 fully saturated rings. The van der Waals surface area contributed by atoms with E-state index in [1.165, 1.54) is 0 Å². The van der Waals surface area contributed by atoms with E-state index >= 15 is 0 Å². The molecule has 8 heteroatoms. The smallest absolute Gasteiger partial charge is 0.145 e. The molecule has 0 aliphatic carbocycles. The Kier molecular flexibility index (Phi) is 5.63. The van der Waals surface area contributed by atoms with Gasteiger partial charge in [0.25, 0.3) is 0 Å². The lowest BCUT2D eigenvalue weighted by molar-refractivity contribution is -0.108. The molecule has 0 unspecified atom stereocenters. The number of fused-ring (bicyclic) bond motifs is 1. The summed E-state index contributed by atoms with van der Waals surface area (Å²) in [5, 5.41) is 5.27. The van der Waals surface area contributed by atoms with Crippen molar-refractivity contribution in [3.63, 3.8) is 0 Å². The largest absolute Gasteiger partial charge is 0.361 e. The van der Waals surface area contributed by atoms with Crippen LogP contribution in [0.5, 0.6) is 0 Å². The first-order valence-electron chi connectivity index (χ1n) is 8.82. The first kappa shape index (κ1) is 18.5. The van der Waals surface area contributed by atoms with E-state index in [1.807, 2.05) is 23.0 Å². The molecule has 0 saturated heterocycles. The molecule has 3 aromatic heterocycles. The highest BCUT2D eigenvalue weighted by molar-refractivity contribution is 6.76. The maximum absolute atomic E-state index is 10.5. The van der Waals surface area contributed by atoms with Crippen LogP contribution in [-0.4, -0.2) is 45.3 Å². The van der Waals surface area contributed by atoms with Gasteiger partial charge in [-0.2, -0.15) is 5.10 Å². The number of carbonyl (C=O) groups excluding carboxylic acids is 1. The summed E-state index contributed by atoms with van der Waals surface area (Å²) in [6.07, 6.45) is 8.58. The van der Waals surface area contributed by atoms with Gasteiger partial charge in [0.1, 0.15) is 25.0 Å². The highest BCUT2D eigenvalue weighted by atomic mass is 28.3. The van der Waals surface area contributed by atoms with E-state index in [0.717, 1.165) is 41.2 Å². The fourth-order valence-corrected chi connectivity index (χ4v) is 3.43. The molecule has 0 spiro atoms. The summed E-state index contributed by atoms with van der Waals surface area (Å²) in [7, 11) is -1.08. The van der Waals surface area contributed by atoms with Crippen LogP contribution in [0.25, 0.3) is 22.3 Å². The van der Waals surface area contributed by atoms with Crippen molar-refractivity contribution < 1.29 is 9.53 Å². The third kappa shape index (κ3) is 4.44. The highest BCUT2D eigenvalue weighted by Crippen LogP contribution is 2.25. The minimum absolute atomic E-state index is 0.450. The minimum atomic E-state index is -1.08. The maximum Gasteiger partial charge on any atom is 0.145 e. The highest BCUT2D eigenvalue weighted by Gasteiger charge is 2.14. The Hall–Kier alpha value is -2.32. The number of ether oxygens (including phenoxy) is 1. The molecule has 0 N–H and O–H groups in total. The molecule has 3 rings (SSSR count). The Labute approximate surface area is 154 Å². The SMILES string of the molecule is C[Si](C)(C)CCOCn1ccc2c(-c3cnn(CCC=O)c3)ncnc21. The van der Waals surface area contributed by atoms with Gasteiger partial charge in [0.05, 0.1) is 11.9 Å². The summed E-state index contributed by atoms with van der Waals surface area (Å²) in [6, 6.07) is 3.15. The Bertz CT molecular complexity index is 881. The van der Waals surface area contributed by atoms with Crippen molar-refractivity contribution in [2.24, 2.45) is 0 Å². The van der Waals surface area contributed by atoms with Crippen LogP contribution in [0.3, 0.4) is 0 Å². The molecular formula is C18H25N5O2Si. The summed E-state index contributed by atoms with van der Waals surface area (Å²) in [5.41, 5.74) is 2.61. The summed E-state index contributed by atoms with van der Waals surface area (Å²) < 4.78 is 9.60. The van der Waals surface area contributed by atoms with Gasteiger partial charge in [-0.3, -0.25) is 4.68 Å². The van der Waals surface area contributed by atoms with Crippen molar-refractivity contribution in [2.75, 3.05) is 6.61 Å². The lowest BCUT2D eigenvalue weighted by Gasteiger charge is -2.15. The van der Waals surface area contributed by atoms with Gasteiger partial charge in [-0.15, -0.1) is 0 Å². The zero-order chi connectivity index (χ0) is 18.6. The molecule has 0 bridgehead atoms. The molecule has 0 saturated carbocycles. The molecule has 0 radical (unpaired) electrons. The Morgan fingerprint density at radius 1 is 1.27 bits per heavy atom. The van der Waals surface area contributed by atoms with Gasteiger partial charge in [-0.05, 0) is 12.1 Å². The third-order valence-corrected chi connectivity index (χ3v) is 5.87. The number of carbonyl (C=O) groups is 1. The Balaban J connectivity index is 1.76. The van der Waals surface area contributed by atoms with E-state index in [4.69, 9.17) is 4.74 Å². The van der Waals surface area contributed by atoms with Crippen molar-refractivity contribution >= 4 is 25.4 Å². The zero-order valence-corrected chi connectivity index (χ0v) is 16.6. The lowest BCUT2D eigenvalue weighted by Crippen LogP contribution is -2.22. The number of hydrogen-bond acceptors (Lipinski definition) is 5. The Morgan fingerprint density at radius 3 is 2.88 bits per heavy atom. The normalized spacial score (nSPS) is 12.0. The summed E-state index contributed by atoms with van der Waals surface area (Å²) in [4.78, 5) is 19.4. The predicted molar refractivity (Wildman–Crippen MR) is 104 cm³/mol. The third-order valence-electron chi connectivity index (χ3n) is 4.17. The summed E-state index contributed by atoms with van der Waals surface area (Å²) >= 11 is 0.